The van der Waals surface area contributed by atoms with Gasteiger partial charge in [0, 0.05) is 23.5 Å². The summed E-state index contributed by atoms with van der Waals surface area (Å²) in [6, 6.07) is 40.7. The molecule has 0 atom stereocenters. The first-order chi connectivity index (χ1) is 18.6. The Hall–Kier alpha value is -3.66. The van der Waals surface area contributed by atoms with Crippen LogP contribution < -0.4 is 0 Å². The van der Waals surface area contributed by atoms with Gasteiger partial charge in [0.1, 0.15) is 10.1 Å². The van der Waals surface area contributed by atoms with E-state index >= 15 is 0 Å². The van der Waals surface area contributed by atoms with Crippen molar-refractivity contribution in [1.29, 1.82) is 0 Å². The number of hydrogen-bond acceptors (Lipinski definition) is 3. The quantitative estimate of drug-likeness (QED) is 0.173. The molecule has 0 amide bonds. The minimum atomic E-state index is -0.318. The van der Waals surface area contributed by atoms with Gasteiger partial charge in [0.15, 0.2) is 0 Å². The summed E-state index contributed by atoms with van der Waals surface area (Å²) >= 11 is 1.59. The molecule has 1 aliphatic rings. The number of rotatable bonds is 2. The van der Waals surface area contributed by atoms with E-state index in [1.807, 2.05) is 21.5 Å². The molecule has 1 aliphatic heterocycles. The average Bonchev–Trinajstić information content (AvgIpc) is 3.59. The van der Waals surface area contributed by atoms with Crippen molar-refractivity contribution in [1.82, 2.24) is 19.6 Å². The zero-order chi connectivity index (χ0) is 25.7. The third kappa shape index (κ3) is 4.60. The summed E-state index contributed by atoms with van der Waals surface area (Å²) in [6.45, 7) is 4.43. The number of aromatic nitrogens is 4. The first-order valence-electron chi connectivity index (χ1n) is 12.6. The first kappa shape index (κ1) is 25.6. The number of fused-ring (bicyclic) bond motifs is 10. The summed E-state index contributed by atoms with van der Waals surface area (Å²) in [5.74, 6) is 0. The Bertz CT molecular complexity index is 1640. The molecule has 0 N–H and O–H groups in total. The van der Waals surface area contributed by atoms with E-state index < -0.39 is 0 Å². The standard InChI is InChI=1S/C33H24N4S.Pt/c1-33(2)25-15-9-17-27(19-25)36-21-29(23-11-5-3-6-12-23)31(34-36)38-32-30(24-13-7-4-8-14-24)22-37(35-32)28-18-10-16-26(33)20-28;/h3-18,21-22H,1-2H3;/q-2;+2. The van der Waals surface area contributed by atoms with Crippen molar-refractivity contribution in [3.05, 3.63) is 133 Å². The van der Waals surface area contributed by atoms with Gasteiger partial charge in [-0.3, -0.25) is 9.36 Å². The third-order valence-electron chi connectivity index (χ3n) is 7.12. The third-order valence-corrected chi connectivity index (χ3v) is 8.11. The van der Waals surface area contributed by atoms with Gasteiger partial charge in [0.05, 0.1) is 0 Å². The molecule has 6 heteroatoms. The summed E-state index contributed by atoms with van der Waals surface area (Å²) < 4.78 is 3.88. The molecular weight excluding hydrogens is 680 g/mol. The van der Waals surface area contributed by atoms with Crippen LogP contribution in [0.2, 0.25) is 0 Å². The van der Waals surface area contributed by atoms with E-state index in [-0.39, 0.29) is 26.5 Å². The van der Waals surface area contributed by atoms with Gasteiger partial charge >= 0.3 is 21.1 Å². The molecule has 0 radical (unpaired) electrons. The van der Waals surface area contributed by atoms with Gasteiger partial charge in [0.2, 0.25) is 0 Å². The zero-order valence-electron chi connectivity index (χ0n) is 21.4. The molecule has 3 heterocycles. The van der Waals surface area contributed by atoms with E-state index in [2.05, 4.69) is 123 Å². The molecule has 2 aromatic heterocycles. The van der Waals surface area contributed by atoms with Crippen LogP contribution in [0.4, 0.5) is 0 Å². The molecule has 4 nitrogen and oxygen atoms in total. The smallest absolute Gasteiger partial charge is 0.264 e. The zero-order valence-corrected chi connectivity index (χ0v) is 24.5. The topological polar surface area (TPSA) is 35.6 Å². The van der Waals surface area contributed by atoms with Crippen LogP contribution in [0.3, 0.4) is 0 Å². The van der Waals surface area contributed by atoms with E-state index in [9.17, 15) is 0 Å². The van der Waals surface area contributed by atoms with Crippen LogP contribution >= 0.6 is 11.8 Å². The fourth-order valence-electron chi connectivity index (χ4n) is 4.89. The van der Waals surface area contributed by atoms with E-state index in [1.54, 1.807) is 11.8 Å². The molecule has 192 valence electrons. The second-order valence-corrected chi connectivity index (χ2v) is 10.9. The van der Waals surface area contributed by atoms with E-state index in [0.717, 1.165) is 54.8 Å². The summed E-state index contributed by atoms with van der Waals surface area (Å²) in [5.41, 5.74) is 8.00. The fraction of sp³-hybridized carbons (Fsp3) is 0.0909. The SMILES string of the molecule is CC1(C)c2[c-]c(ccc2)-n2cc(-c3ccccc3)c(n2)Sc2nn(cc2-c2ccccc2)-c2[c-]c1ccc2.[Pt+2]. The van der Waals surface area contributed by atoms with E-state index in [4.69, 9.17) is 10.2 Å². The van der Waals surface area contributed by atoms with Crippen molar-refractivity contribution in [2.45, 2.75) is 29.3 Å². The Morgan fingerprint density at radius 3 is 1.46 bits per heavy atom. The normalized spacial score (nSPS) is 13.3. The minimum absolute atomic E-state index is 0. The second-order valence-electron chi connectivity index (χ2n) is 9.94. The van der Waals surface area contributed by atoms with Crippen LogP contribution in [0.5, 0.6) is 0 Å². The molecule has 8 bridgehead atoms. The summed E-state index contributed by atoms with van der Waals surface area (Å²) in [6.07, 6.45) is 4.20. The molecule has 0 saturated heterocycles. The summed E-state index contributed by atoms with van der Waals surface area (Å²) in [4.78, 5) is 0. The van der Waals surface area contributed by atoms with Gasteiger partial charge in [0.25, 0.3) is 0 Å². The average molecular weight is 704 g/mol. The van der Waals surface area contributed by atoms with Crippen molar-refractivity contribution in [2.75, 3.05) is 0 Å². The van der Waals surface area contributed by atoms with Crippen molar-refractivity contribution >= 4 is 11.8 Å². The van der Waals surface area contributed by atoms with E-state index in [1.165, 1.54) is 0 Å². The van der Waals surface area contributed by atoms with Crippen LogP contribution in [0.25, 0.3) is 33.6 Å². The van der Waals surface area contributed by atoms with Crippen molar-refractivity contribution in [3.63, 3.8) is 0 Å². The summed E-state index contributed by atoms with van der Waals surface area (Å²) in [5, 5.41) is 12.0. The molecule has 7 rings (SSSR count). The number of benzene rings is 4. The van der Waals surface area contributed by atoms with Crippen molar-refractivity contribution in [2.24, 2.45) is 0 Å². The molecular formula is C33H24N4PtS. The minimum Gasteiger partial charge on any atom is -0.264 e. The number of nitrogens with zero attached hydrogens (tertiary/aromatic N) is 4. The molecule has 39 heavy (non-hydrogen) atoms. The molecule has 6 aromatic rings. The van der Waals surface area contributed by atoms with Crippen LogP contribution in [0.1, 0.15) is 25.0 Å². The van der Waals surface area contributed by atoms with Gasteiger partial charge in [-0.05, 0) is 39.7 Å². The monoisotopic (exact) mass is 703 g/mol. The predicted molar refractivity (Wildman–Crippen MR) is 152 cm³/mol. The van der Waals surface area contributed by atoms with Crippen molar-refractivity contribution in [3.8, 4) is 33.6 Å². The maximum absolute atomic E-state index is 5.08. The first-order valence-corrected chi connectivity index (χ1v) is 13.4. The van der Waals surface area contributed by atoms with Crippen LogP contribution in [-0.4, -0.2) is 19.6 Å². The maximum Gasteiger partial charge on any atom is 2.00 e. The van der Waals surface area contributed by atoms with Gasteiger partial charge in [-0.2, -0.15) is 57.7 Å². The summed E-state index contributed by atoms with van der Waals surface area (Å²) in [7, 11) is 0. The van der Waals surface area contributed by atoms with Gasteiger partial charge in [-0.1, -0.05) is 74.5 Å². The maximum atomic E-state index is 5.08. The van der Waals surface area contributed by atoms with Gasteiger partial charge < -0.3 is 0 Å². The van der Waals surface area contributed by atoms with E-state index in [0.29, 0.717) is 0 Å². The van der Waals surface area contributed by atoms with Gasteiger partial charge in [-0.25, -0.2) is 0 Å². The Balaban J connectivity index is 0.00000277. The van der Waals surface area contributed by atoms with Crippen LogP contribution in [0, 0.1) is 12.1 Å². The largest absolute Gasteiger partial charge is 2.00 e. The Kier molecular flexibility index (Phi) is 6.66. The molecule has 0 saturated carbocycles. The van der Waals surface area contributed by atoms with Crippen LogP contribution in [0.15, 0.2) is 120 Å². The number of hydrogen-bond donors (Lipinski definition) is 0. The Labute approximate surface area is 247 Å². The van der Waals surface area contributed by atoms with Crippen LogP contribution in [-0.2, 0) is 26.5 Å². The molecule has 4 aromatic carbocycles. The van der Waals surface area contributed by atoms with Gasteiger partial charge in [-0.15, -0.1) is 12.1 Å². The predicted octanol–water partition coefficient (Wildman–Crippen LogP) is 7.78. The second kappa shape index (κ2) is 10.1. The Morgan fingerprint density at radius 2 is 1.03 bits per heavy atom. The molecule has 0 spiro atoms. The Morgan fingerprint density at radius 1 is 0.590 bits per heavy atom. The fourth-order valence-corrected chi connectivity index (χ4v) is 5.89. The molecule has 0 fully saturated rings. The molecule has 0 aliphatic carbocycles. The van der Waals surface area contributed by atoms with Crippen molar-refractivity contribution < 1.29 is 21.1 Å². The molecule has 0 unspecified atom stereocenters.